The first-order chi connectivity index (χ1) is 9.29. The lowest BCUT2D eigenvalue weighted by Gasteiger charge is -2.43. The van der Waals surface area contributed by atoms with Gasteiger partial charge in [0.2, 0.25) is 0 Å². The number of likely N-dealkylation sites (N-methyl/N-ethyl adjacent to an activating group) is 1. The van der Waals surface area contributed by atoms with Crippen LogP contribution in [0, 0.1) is 0 Å². The second-order valence-electron chi connectivity index (χ2n) is 5.65. The summed E-state index contributed by atoms with van der Waals surface area (Å²) in [4.78, 5) is 0. The van der Waals surface area contributed by atoms with E-state index in [1.807, 2.05) is 6.92 Å². The molecule has 0 aliphatic heterocycles. The van der Waals surface area contributed by atoms with E-state index < -0.39 is 8.80 Å². The number of quaternary nitrogens is 1. The third-order valence-corrected chi connectivity index (χ3v) is 7.28. The van der Waals surface area contributed by atoms with E-state index in [1.54, 1.807) is 21.3 Å². The smallest absolute Gasteiger partial charge is 0.561 e. The number of hydrogen-bond acceptors (Lipinski definition) is 4. The Bertz CT molecular complexity index is 290. The van der Waals surface area contributed by atoms with Crippen LogP contribution in [0.2, 0.25) is 0 Å². The van der Waals surface area contributed by atoms with Crippen molar-refractivity contribution in [1.29, 1.82) is 0 Å². The first kappa shape index (κ1) is 23.3. The molecule has 0 amide bonds. The van der Waals surface area contributed by atoms with Crippen LogP contribution in [-0.4, -0.2) is 74.1 Å². The summed E-state index contributed by atoms with van der Waals surface area (Å²) in [6.45, 7) is 10.1. The number of halogens is 1. The van der Waals surface area contributed by atoms with Crippen LogP contribution >= 0.6 is 0 Å². The predicted molar refractivity (Wildman–Crippen MR) is 83.5 cm³/mol. The van der Waals surface area contributed by atoms with Gasteiger partial charge < -0.3 is 34.9 Å². The van der Waals surface area contributed by atoms with Crippen molar-refractivity contribution in [2.45, 2.75) is 25.9 Å². The van der Waals surface area contributed by atoms with Crippen LogP contribution in [0.5, 0.6) is 0 Å². The Kier molecular flexibility index (Phi) is 11.9. The molecule has 0 aliphatic rings. The Hall–Kier alpha value is 0.0469. The summed E-state index contributed by atoms with van der Waals surface area (Å²) in [7, 11) is 6.66. The van der Waals surface area contributed by atoms with Gasteiger partial charge in [0.15, 0.2) is 5.67 Å². The average Bonchev–Trinajstić information content (AvgIpc) is 2.40. The summed E-state index contributed by atoms with van der Waals surface area (Å²) in [5.74, 6) is 0. The van der Waals surface area contributed by atoms with Gasteiger partial charge >= 0.3 is 8.80 Å². The van der Waals surface area contributed by atoms with Gasteiger partial charge in [-0.2, -0.15) is 0 Å². The minimum atomic E-state index is -2.67. The number of rotatable bonds is 11. The van der Waals surface area contributed by atoms with Gasteiger partial charge in [-0.25, -0.2) is 0 Å². The van der Waals surface area contributed by atoms with Gasteiger partial charge in [0, 0.05) is 27.8 Å². The molecule has 1 atom stereocenters. The number of nitrogens with zero attached hydrogens (tertiary/aromatic N) is 1. The van der Waals surface area contributed by atoms with Gasteiger partial charge in [0.25, 0.3) is 0 Å². The zero-order valence-electron chi connectivity index (χ0n) is 14.6. The Morgan fingerprint density at radius 1 is 1.14 bits per heavy atom. The molecule has 0 fully saturated rings. The highest BCUT2D eigenvalue weighted by Crippen LogP contribution is 2.24. The molecule has 5 nitrogen and oxygen atoms in total. The van der Waals surface area contributed by atoms with Gasteiger partial charge in [0.05, 0.1) is 27.3 Å². The molecule has 0 N–H and O–H groups in total. The van der Waals surface area contributed by atoms with E-state index in [-0.39, 0.29) is 18.1 Å². The number of hydrogen-bond donors (Lipinski definition) is 0. The largest absolute Gasteiger partial charge is 1.00 e. The Morgan fingerprint density at radius 3 is 1.95 bits per heavy atom. The van der Waals surface area contributed by atoms with Crippen LogP contribution in [0.4, 0.5) is 0 Å². The van der Waals surface area contributed by atoms with Crippen molar-refractivity contribution >= 4 is 8.80 Å². The highest BCUT2D eigenvalue weighted by atomic mass is 35.5. The fourth-order valence-electron chi connectivity index (χ4n) is 2.53. The topological polar surface area (TPSA) is 36.9 Å². The van der Waals surface area contributed by atoms with Crippen molar-refractivity contribution < 1.29 is 34.9 Å². The molecular weight excluding hydrogens is 310 g/mol. The molecule has 0 bridgehead atoms. The molecular formula is C14H32ClNO4Si. The highest BCUT2D eigenvalue weighted by molar-refractivity contribution is 6.62. The second kappa shape index (κ2) is 10.7. The lowest BCUT2D eigenvalue weighted by atomic mass is 10.3. The molecule has 7 heteroatoms. The van der Waals surface area contributed by atoms with Crippen LogP contribution in [0.15, 0.2) is 12.2 Å². The molecule has 0 heterocycles. The maximum Gasteiger partial charge on any atom is 0.561 e. The maximum absolute atomic E-state index is 5.64. The SMILES string of the molecule is C=C(C)COCC[N+](C)(C)C(CC)[Si](OC)(OC)OC.[Cl-]. The van der Waals surface area contributed by atoms with E-state index >= 15 is 0 Å². The van der Waals surface area contributed by atoms with Crippen molar-refractivity contribution in [2.75, 3.05) is 55.2 Å². The highest BCUT2D eigenvalue weighted by Gasteiger charge is 2.55. The zero-order chi connectivity index (χ0) is 15.8. The maximum atomic E-state index is 5.64. The molecule has 21 heavy (non-hydrogen) atoms. The van der Waals surface area contributed by atoms with Gasteiger partial charge in [-0.1, -0.05) is 19.1 Å². The Morgan fingerprint density at radius 2 is 1.62 bits per heavy atom. The summed E-state index contributed by atoms with van der Waals surface area (Å²) in [6, 6.07) is 0. The number of ether oxygens (including phenoxy) is 1. The van der Waals surface area contributed by atoms with Crippen LogP contribution in [0.3, 0.4) is 0 Å². The van der Waals surface area contributed by atoms with E-state index in [1.165, 1.54) is 0 Å². The van der Waals surface area contributed by atoms with Crippen molar-refractivity contribution in [3.05, 3.63) is 12.2 Å². The molecule has 0 aliphatic carbocycles. The van der Waals surface area contributed by atoms with Crippen molar-refractivity contribution in [1.82, 2.24) is 0 Å². The lowest BCUT2D eigenvalue weighted by Crippen LogP contribution is -3.00. The molecule has 0 spiro atoms. The molecule has 128 valence electrons. The van der Waals surface area contributed by atoms with Crippen LogP contribution in [0.1, 0.15) is 20.3 Å². The molecule has 1 unspecified atom stereocenters. The molecule has 0 saturated heterocycles. The minimum Gasteiger partial charge on any atom is -1.00 e. The van der Waals surface area contributed by atoms with Gasteiger partial charge in [-0.05, 0) is 6.92 Å². The summed E-state index contributed by atoms with van der Waals surface area (Å²) >= 11 is 0. The Balaban J connectivity index is 0. The summed E-state index contributed by atoms with van der Waals surface area (Å²) in [5.41, 5.74) is 1.22. The molecule has 0 aromatic rings. The van der Waals surface area contributed by atoms with E-state index in [0.29, 0.717) is 13.2 Å². The Labute approximate surface area is 137 Å². The fourth-order valence-corrected chi connectivity index (χ4v) is 5.33. The van der Waals surface area contributed by atoms with E-state index in [9.17, 15) is 0 Å². The van der Waals surface area contributed by atoms with Crippen molar-refractivity contribution in [3.63, 3.8) is 0 Å². The van der Waals surface area contributed by atoms with Crippen molar-refractivity contribution in [3.8, 4) is 0 Å². The summed E-state index contributed by atoms with van der Waals surface area (Å²) in [6.07, 6.45) is 0.926. The fraction of sp³-hybridized carbons (Fsp3) is 0.857. The summed E-state index contributed by atoms with van der Waals surface area (Å²) < 4.78 is 23.3. The molecule has 0 aromatic heterocycles. The summed E-state index contributed by atoms with van der Waals surface area (Å²) in [5, 5.41) is 0. The molecule has 0 rings (SSSR count). The van der Waals surface area contributed by atoms with E-state index in [0.717, 1.165) is 23.0 Å². The minimum absolute atomic E-state index is 0. The van der Waals surface area contributed by atoms with Crippen LogP contribution < -0.4 is 12.4 Å². The quantitative estimate of drug-likeness (QED) is 0.206. The van der Waals surface area contributed by atoms with E-state index in [2.05, 4.69) is 27.6 Å². The third kappa shape index (κ3) is 6.77. The van der Waals surface area contributed by atoms with Crippen LogP contribution in [0.25, 0.3) is 0 Å². The zero-order valence-corrected chi connectivity index (χ0v) is 16.3. The first-order valence-corrected chi connectivity index (χ1v) is 8.80. The molecule has 0 aromatic carbocycles. The van der Waals surface area contributed by atoms with Gasteiger partial charge in [-0.15, -0.1) is 0 Å². The van der Waals surface area contributed by atoms with Gasteiger partial charge in [0.1, 0.15) is 6.54 Å². The second-order valence-corrected chi connectivity index (χ2v) is 8.75. The molecule has 0 radical (unpaired) electrons. The van der Waals surface area contributed by atoms with Gasteiger partial charge in [-0.3, -0.25) is 0 Å². The average molecular weight is 342 g/mol. The predicted octanol–water partition coefficient (Wildman–Crippen LogP) is -1.14. The van der Waals surface area contributed by atoms with Crippen molar-refractivity contribution in [2.24, 2.45) is 0 Å². The normalized spacial score (nSPS) is 13.7. The first-order valence-electron chi connectivity index (χ1n) is 6.99. The standard InChI is InChI=1S/C14H32NO4Si.ClH/c1-9-14(20(16-6,17-7)18-8)15(4,5)10-11-19-12-13(2)3;/h14H,2,9-12H2,1,3-8H3;1H/q+1;/p-1. The third-order valence-electron chi connectivity index (χ3n) is 3.65. The monoisotopic (exact) mass is 341 g/mol. The lowest BCUT2D eigenvalue weighted by molar-refractivity contribution is -0.906. The van der Waals surface area contributed by atoms with Crippen LogP contribution in [-0.2, 0) is 18.0 Å². The van der Waals surface area contributed by atoms with E-state index in [4.69, 9.17) is 18.0 Å². The molecule has 0 saturated carbocycles.